The molecule has 1 aromatic carbocycles. The van der Waals surface area contributed by atoms with Gasteiger partial charge in [0.25, 0.3) is 0 Å². The van der Waals surface area contributed by atoms with E-state index in [0.29, 0.717) is 15.6 Å². The van der Waals surface area contributed by atoms with E-state index in [2.05, 4.69) is 5.32 Å². The van der Waals surface area contributed by atoms with E-state index >= 15 is 0 Å². The zero-order valence-electron chi connectivity index (χ0n) is 24.0. The van der Waals surface area contributed by atoms with Gasteiger partial charge in [0, 0.05) is 12.0 Å². The maximum Gasteiger partial charge on any atom is 0.408 e. The summed E-state index contributed by atoms with van der Waals surface area (Å²) in [4.78, 5) is 40.4. The van der Waals surface area contributed by atoms with Gasteiger partial charge in [-0.3, -0.25) is 4.79 Å². The summed E-state index contributed by atoms with van der Waals surface area (Å²) in [5.74, 6) is -3.25. The molecule has 218 valence electrons. The van der Waals surface area contributed by atoms with Crippen molar-refractivity contribution >= 4 is 41.2 Å². The molecule has 0 heterocycles. The van der Waals surface area contributed by atoms with Crippen molar-refractivity contribution in [2.75, 3.05) is 0 Å². The monoisotopic (exact) mass is 586 g/mol. The molecule has 2 aliphatic carbocycles. The first-order valence-electron chi connectivity index (χ1n) is 12.9. The number of nitrogens with one attached hydrogen (secondary N) is 1. The van der Waals surface area contributed by atoms with Gasteiger partial charge >= 0.3 is 18.0 Å². The number of hydrogen-bond donors (Lipinski definition) is 2. The molecule has 2 aliphatic rings. The molecule has 9 nitrogen and oxygen atoms in total. The molecular formula is C28H40Cl2N2O7. The summed E-state index contributed by atoms with van der Waals surface area (Å²) in [7, 11) is 0. The van der Waals surface area contributed by atoms with Crippen molar-refractivity contribution in [3.8, 4) is 0 Å². The summed E-state index contributed by atoms with van der Waals surface area (Å²) >= 11 is 12.2. The molecule has 2 saturated carbocycles. The van der Waals surface area contributed by atoms with Crippen LogP contribution in [0.2, 0.25) is 10.0 Å². The fraction of sp³-hybridized carbons (Fsp3) is 0.679. The summed E-state index contributed by atoms with van der Waals surface area (Å²) in [5.41, 5.74) is 3.01. The molecular weight excluding hydrogens is 547 g/mol. The van der Waals surface area contributed by atoms with Crippen LogP contribution in [0.3, 0.4) is 0 Å². The van der Waals surface area contributed by atoms with E-state index < -0.39 is 70.3 Å². The molecule has 3 rings (SSSR count). The number of fused-ring (bicyclic) bond motifs is 1. The molecule has 0 saturated heterocycles. The highest BCUT2D eigenvalue weighted by molar-refractivity contribution is 6.42. The minimum absolute atomic E-state index is 0.00630. The maximum atomic E-state index is 14.0. The van der Waals surface area contributed by atoms with Gasteiger partial charge in [0.05, 0.1) is 22.6 Å². The van der Waals surface area contributed by atoms with Gasteiger partial charge in [0.2, 0.25) is 0 Å². The summed E-state index contributed by atoms with van der Waals surface area (Å²) in [6.45, 7) is 15.5. The van der Waals surface area contributed by atoms with Crippen LogP contribution in [0, 0.1) is 17.8 Å². The van der Waals surface area contributed by atoms with Crippen molar-refractivity contribution in [3.63, 3.8) is 0 Å². The fourth-order valence-corrected chi connectivity index (χ4v) is 5.44. The Morgan fingerprint density at radius 1 is 0.897 bits per heavy atom. The number of hydrogen-bond acceptors (Lipinski definition) is 8. The van der Waals surface area contributed by atoms with E-state index in [0.717, 1.165) is 0 Å². The summed E-state index contributed by atoms with van der Waals surface area (Å²) in [6, 6.07) is 4.20. The van der Waals surface area contributed by atoms with Gasteiger partial charge in [-0.05, 0) is 85.9 Å². The zero-order valence-corrected chi connectivity index (χ0v) is 25.5. The molecule has 3 N–H and O–H groups in total. The van der Waals surface area contributed by atoms with Gasteiger partial charge in [-0.1, -0.05) is 29.3 Å². The standard InChI is InChI=1S/C28H40Cl2N2O7/c1-25(2,3)37-22(33)18-17-19(18)28(23(34)38-26(4,5)6,32-24(35)39-27(7,8)9)21(20(17)31)36-13-14-10-11-15(29)16(30)12-14/h10-12,17-21H,13,31H2,1-9H3,(H,32,35). The van der Waals surface area contributed by atoms with Crippen LogP contribution >= 0.6 is 23.2 Å². The average Bonchev–Trinajstić information content (AvgIpc) is 3.42. The van der Waals surface area contributed by atoms with Crippen molar-refractivity contribution in [3.05, 3.63) is 33.8 Å². The van der Waals surface area contributed by atoms with Crippen LogP contribution in [0.1, 0.15) is 67.9 Å². The Morgan fingerprint density at radius 3 is 1.97 bits per heavy atom. The summed E-state index contributed by atoms with van der Waals surface area (Å²) in [5, 5.41) is 3.47. The van der Waals surface area contributed by atoms with E-state index in [-0.39, 0.29) is 6.61 Å². The minimum atomic E-state index is -1.82. The molecule has 6 unspecified atom stereocenters. The molecule has 1 aromatic rings. The van der Waals surface area contributed by atoms with Crippen molar-refractivity contribution < 1.29 is 33.3 Å². The fourth-order valence-electron chi connectivity index (χ4n) is 5.12. The highest BCUT2D eigenvalue weighted by atomic mass is 35.5. The molecule has 0 aromatic heterocycles. The lowest BCUT2D eigenvalue weighted by molar-refractivity contribution is -0.174. The molecule has 0 radical (unpaired) electrons. The lowest BCUT2D eigenvalue weighted by Crippen LogP contribution is -2.67. The van der Waals surface area contributed by atoms with Crippen molar-refractivity contribution in [2.45, 2.75) is 103 Å². The minimum Gasteiger partial charge on any atom is -0.460 e. The number of alkyl carbamates (subject to hydrolysis) is 1. The van der Waals surface area contributed by atoms with Crippen LogP contribution in [0.5, 0.6) is 0 Å². The predicted molar refractivity (Wildman–Crippen MR) is 147 cm³/mol. The Morgan fingerprint density at radius 2 is 1.46 bits per heavy atom. The van der Waals surface area contributed by atoms with Crippen LogP contribution in [-0.2, 0) is 35.1 Å². The molecule has 0 aliphatic heterocycles. The quantitative estimate of drug-likeness (QED) is 0.351. The number of rotatable bonds is 6. The van der Waals surface area contributed by atoms with Crippen molar-refractivity contribution in [2.24, 2.45) is 23.5 Å². The Labute approximate surface area is 240 Å². The summed E-state index contributed by atoms with van der Waals surface area (Å²) in [6.07, 6.45) is -1.91. The van der Waals surface area contributed by atoms with Crippen LogP contribution < -0.4 is 11.1 Å². The Balaban J connectivity index is 2.05. The molecule has 11 heteroatoms. The first-order valence-corrected chi connectivity index (χ1v) is 13.7. The maximum absolute atomic E-state index is 14.0. The van der Waals surface area contributed by atoms with Gasteiger partial charge in [-0.2, -0.15) is 0 Å². The number of carbonyl (C=O) groups excluding carboxylic acids is 3. The topological polar surface area (TPSA) is 126 Å². The van der Waals surface area contributed by atoms with Crippen LogP contribution in [0.4, 0.5) is 4.79 Å². The van der Waals surface area contributed by atoms with Crippen LogP contribution in [0.25, 0.3) is 0 Å². The number of benzene rings is 1. The Bertz CT molecular complexity index is 1120. The molecule has 0 bridgehead atoms. The van der Waals surface area contributed by atoms with Gasteiger partial charge in [-0.25, -0.2) is 9.59 Å². The second-order valence-corrected chi connectivity index (χ2v) is 14.0. The molecule has 2 fully saturated rings. The molecule has 1 amide bonds. The Kier molecular flexibility index (Phi) is 8.65. The third kappa shape index (κ3) is 7.17. The van der Waals surface area contributed by atoms with Gasteiger partial charge < -0.3 is 30.0 Å². The molecule has 0 spiro atoms. The van der Waals surface area contributed by atoms with E-state index in [1.165, 1.54) is 0 Å². The smallest absolute Gasteiger partial charge is 0.408 e. The number of carbonyl (C=O) groups is 3. The van der Waals surface area contributed by atoms with Gasteiger partial charge in [-0.15, -0.1) is 0 Å². The van der Waals surface area contributed by atoms with Crippen molar-refractivity contribution in [1.29, 1.82) is 0 Å². The van der Waals surface area contributed by atoms with Gasteiger partial charge in [0.1, 0.15) is 22.9 Å². The zero-order chi connectivity index (χ0) is 29.7. The second kappa shape index (κ2) is 10.7. The number of halogens is 2. The number of esters is 2. The Hall–Kier alpha value is -2.07. The number of ether oxygens (including phenoxy) is 4. The van der Waals surface area contributed by atoms with E-state index in [1.807, 2.05) is 0 Å². The third-order valence-corrected chi connectivity index (χ3v) is 7.12. The lowest BCUT2D eigenvalue weighted by Gasteiger charge is -2.40. The largest absolute Gasteiger partial charge is 0.460 e. The second-order valence-electron chi connectivity index (χ2n) is 13.2. The van der Waals surface area contributed by atoms with E-state index in [9.17, 15) is 14.4 Å². The molecule has 6 atom stereocenters. The van der Waals surface area contributed by atoms with Crippen LogP contribution in [-0.4, -0.2) is 52.5 Å². The SMILES string of the molecule is CC(C)(C)OC(=O)NC1(C(=O)OC(C)(C)C)C(OCc2ccc(Cl)c(Cl)c2)C(N)C2C(C(=O)OC(C)(C)C)C21. The average molecular weight is 588 g/mol. The third-order valence-electron chi connectivity index (χ3n) is 6.38. The highest BCUT2D eigenvalue weighted by Gasteiger charge is 2.80. The lowest BCUT2D eigenvalue weighted by atomic mass is 9.85. The normalized spacial score (nSPS) is 28.4. The highest BCUT2D eigenvalue weighted by Crippen LogP contribution is 2.63. The van der Waals surface area contributed by atoms with Crippen molar-refractivity contribution in [1.82, 2.24) is 5.32 Å². The summed E-state index contributed by atoms with van der Waals surface area (Å²) < 4.78 is 23.2. The van der Waals surface area contributed by atoms with E-state index in [4.69, 9.17) is 47.9 Å². The van der Waals surface area contributed by atoms with Crippen LogP contribution in [0.15, 0.2) is 18.2 Å². The number of nitrogens with two attached hydrogens (primary N) is 1. The first-order chi connectivity index (χ1) is 17.7. The van der Waals surface area contributed by atoms with E-state index in [1.54, 1.807) is 80.5 Å². The molecule has 39 heavy (non-hydrogen) atoms. The predicted octanol–water partition coefficient (Wildman–Crippen LogP) is 5.03. The first kappa shape index (κ1) is 31.5. The van der Waals surface area contributed by atoms with Gasteiger partial charge in [0.15, 0.2) is 5.54 Å². The number of amides is 1.